The van der Waals surface area contributed by atoms with Crippen LogP contribution in [0.4, 0.5) is 4.39 Å². The number of hydrogen-bond donors (Lipinski definition) is 1. The molecule has 0 aliphatic rings. The number of rotatable bonds is 6. The number of carbonyl (C=O) groups excluding carboxylic acids is 1. The van der Waals surface area contributed by atoms with Crippen LogP contribution >= 0.6 is 0 Å². The fourth-order valence-corrected chi connectivity index (χ4v) is 5.49. The van der Waals surface area contributed by atoms with Crippen LogP contribution in [-0.2, 0) is 10.0 Å². The Kier molecular flexibility index (Phi) is 6.41. The largest absolute Gasteiger partial charge is 0.333 e. The van der Waals surface area contributed by atoms with Gasteiger partial charge in [0.05, 0.1) is 22.4 Å². The fraction of sp³-hybridized carbons (Fsp3) is 0.107. The van der Waals surface area contributed by atoms with Crippen LogP contribution in [0.15, 0.2) is 90.1 Å². The summed E-state index contributed by atoms with van der Waals surface area (Å²) in [4.78, 5) is 25.3. The lowest BCUT2D eigenvalue weighted by molar-refractivity contribution is 0.0924. The first-order valence-electron chi connectivity index (χ1n) is 11.7. The highest BCUT2D eigenvalue weighted by molar-refractivity contribution is 7.90. The molecular formula is C28H21FN6O3S. The molecule has 4 heterocycles. The van der Waals surface area contributed by atoms with Crippen LogP contribution < -0.4 is 5.32 Å². The van der Waals surface area contributed by atoms with Crippen LogP contribution in [0.25, 0.3) is 33.5 Å². The molecule has 0 aliphatic heterocycles. The number of amides is 1. The topological polar surface area (TPSA) is 131 Å². The van der Waals surface area contributed by atoms with Crippen molar-refractivity contribution in [3.8, 4) is 28.6 Å². The molecule has 0 unspecified atom stereocenters. The number of carbonyl (C=O) groups is 1. The zero-order valence-electron chi connectivity index (χ0n) is 20.8. The van der Waals surface area contributed by atoms with Gasteiger partial charge in [0.1, 0.15) is 11.2 Å². The van der Waals surface area contributed by atoms with Crippen molar-refractivity contribution >= 4 is 27.0 Å². The number of hydrogen-bond acceptors (Lipinski definition) is 7. The summed E-state index contributed by atoms with van der Waals surface area (Å²) in [5.41, 5.74) is 0.793. The molecule has 0 saturated carbocycles. The number of fused-ring (bicyclic) bond motifs is 1. The van der Waals surface area contributed by atoms with Gasteiger partial charge < -0.3 is 5.32 Å². The summed E-state index contributed by atoms with van der Waals surface area (Å²) in [7, 11) is -4.09. The molecule has 9 nitrogen and oxygen atoms in total. The first-order chi connectivity index (χ1) is 18.6. The monoisotopic (exact) mass is 540 g/mol. The van der Waals surface area contributed by atoms with Gasteiger partial charge in [0, 0.05) is 28.9 Å². The number of aromatic nitrogens is 4. The second kappa shape index (κ2) is 9.74. The van der Waals surface area contributed by atoms with E-state index >= 15 is 0 Å². The van der Waals surface area contributed by atoms with Crippen molar-refractivity contribution in [2.24, 2.45) is 0 Å². The van der Waals surface area contributed by atoms with Gasteiger partial charge in [-0.2, -0.15) is 9.65 Å². The molecule has 5 aromatic rings. The Hall–Kier alpha value is -4.95. The number of nitriles is 1. The van der Waals surface area contributed by atoms with Crippen molar-refractivity contribution in [1.29, 1.82) is 5.26 Å². The van der Waals surface area contributed by atoms with Gasteiger partial charge in [0.25, 0.3) is 15.9 Å². The highest BCUT2D eigenvalue weighted by Gasteiger charge is 2.26. The Morgan fingerprint density at radius 2 is 1.72 bits per heavy atom. The SMILES string of the molecule is CC(C)(C#N)NC(=O)c1cccc(-c2cnc3c(c2)cc(-c2ccc(F)nc2)n3S(=O)(=O)c2ccccc2)n1. The summed E-state index contributed by atoms with van der Waals surface area (Å²) in [5.74, 6) is -1.20. The van der Waals surface area contributed by atoms with Crippen LogP contribution in [0.5, 0.6) is 0 Å². The van der Waals surface area contributed by atoms with Crippen molar-refractivity contribution < 1.29 is 17.6 Å². The van der Waals surface area contributed by atoms with Crippen molar-refractivity contribution in [1.82, 2.24) is 24.2 Å². The molecule has 0 saturated heterocycles. The van der Waals surface area contributed by atoms with E-state index in [4.69, 9.17) is 0 Å². The number of benzene rings is 1. The van der Waals surface area contributed by atoms with E-state index in [2.05, 4.69) is 20.3 Å². The molecule has 0 spiro atoms. The van der Waals surface area contributed by atoms with Crippen molar-refractivity contribution in [2.75, 3.05) is 0 Å². The maximum absolute atomic E-state index is 13.7. The summed E-state index contributed by atoms with van der Waals surface area (Å²) in [6.07, 6.45) is 2.73. The van der Waals surface area contributed by atoms with Crippen LogP contribution in [0.1, 0.15) is 24.3 Å². The van der Waals surface area contributed by atoms with Gasteiger partial charge in [-0.1, -0.05) is 24.3 Å². The first kappa shape index (κ1) is 25.7. The third-order valence-corrected chi connectivity index (χ3v) is 7.60. The van der Waals surface area contributed by atoms with Gasteiger partial charge in [-0.15, -0.1) is 0 Å². The smallest absolute Gasteiger partial charge is 0.271 e. The van der Waals surface area contributed by atoms with Crippen molar-refractivity contribution in [2.45, 2.75) is 24.3 Å². The number of halogens is 1. The van der Waals surface area contributed by atoms with Crippen molar-refractivity contribution in [3.63, 3.8) is 0 Å². The molecule has 0 atom stereocenters. The normalized spacial score (nSPS) is 11.7. The maximum atomic E-state index is 13.7. The molecule has 1 aromatic carbocycles. The van der Waals surface area contributed by atoms with Crippen molar-refractivity contribution in [3.05, 3.63) is 96.8 Å². The highest BCUT2D eigenvalue weighted by atomic mass is 32.2. The van der Waals surface area contributed by atoms with E-state index in [1.54, 1.807) is 56.3 Å². The standard InChI is InChI=1S/C28H21FN6O3S/c1-28(2,17-30)34-27(36)23-10-6-9-22(33-23)20-13-19-14-24(18-11-12-25(29)31-15-18)35(26(19)32-16-20)39(37,38)21-7-4-3-5-8-21/h3-16H,1-2H3,(H,34,36). The van der Waals surface area contributed by atoms with Gasteiger partial charge in [0.2, 0.25) is 5.95 Å². The molecule has 0 aliphatic carbocycles. The molecule has 1 N–H and O–H groups in total. The molecule has 194 valence electrons. The summed E-state index contributed by atoms with van der Waals surface area (Å²) in [5, 5.41) is 12.3. The van der Waals surface area contributed by atoms with E-state index in [0.717, 1.165) is 10.0 Å². The molecule has 1 amide bonds. The number of nitrogens with zero attached hydrogens (tertiary/aromatic N) is 5. The summed E-state index contributed by atoms with van der Waals surface area (Å²) >= 11 is 0. The van der Waals surface area contributed by atoms with E-state index in [1.165, 1.54) is 36.7 Å². The minimum Gasteiger partial charge on any atom is -0.333 e. The molecule has 39 heavy (non-hydrogen) atoms. The Morgan fingerprint density at radius 1 is 0.974 bits per heavy atom. The van der Waals surface area contributed by atoms with Crippen LogP contribution in [0.2, 0.25) is 0 Å². The summed E-state index contributed by atoms with van der Waals surface area (Å²) in [6, 6.07) is 20.7. The van der Waals surface area contributed by atoms with E-state index in [9.17, 15) is 22.9 Å². The molecule has 0 bridgehead atoms. The minimum absolute atomic E-state index is 0.0605. The van der Waals surface area contributed by atoms with E-state index in [0.29, 0.717) is 22.2 Å². The van der Waals surface area contributed by atoms with Gasteiger partial charge >= 0.3 is 0 Å². The van der Waals surface area contributed by atoms with E-state index < -0.39 is 27.4 Å². The van der Waals surface area contributed by atoms with Gasteiger partial charge in [0.15, 0.2) is 5.65 Å². The summed E-state index contributed by atoms with van der Waals surface area (Å²) in [6.45, 7) is 3.16. The van der Waals surface area contributed by atoms with E-state index in [-0.39, 0.29) is 21.9 Å². The third-order valence-electron chi connectivity index (χ3n) is 5.89. The lowest BCUT2D eigenvalue weighted by Gasteiger charge is -2.17. The van der Waals surface area contributed by atoms with Crippen LogP contribution in [-0.4, -0.2) is 38.8 Å². The van der Waals surface area contributed by atoms with E-state index in [1.807, 2.05) is 6.07 Å². The molecule has 0 fully saturated rings. The lowest BCUT2D eigenvalue weighted by atomic mass is 10.1. The zero-order chi connectivity index (χ0) is 27.8. The second-order valence-corrected chi connectivity index (χ2v) is 11.0. The Balaban J connectivity index is 1.65. The lowest BCUT2D eigenvalue weighted by Crippen LogP contribution is -2.42. The predicted molar refractivity (Wildman–Crippen MR) is 142 cm³/mol. The van der Waals surface area contributed by atoms with Crippen LogP contribution in [0, 0.1) is 17.3 Å². The molecular weight excluding hydrogens is 519 g/mol. The zero-order valence-corrected chi connectivity index (χ0v) is 21.6. The summed E-state index contributed by atoms with van der Waals surface area (Å²) < 4.78 is 42.1. The Morgan fingerprint density at radius 3 is 2.41 bits per heavy atom. The van der Waals surface area contributed by atoms with Crippen LogP contribution in [0.3, 0.4) is 0 Å². The number of pyridine rings is 3. The predicted octanol–water partition coefficient (Wildman–Crippen LogP) is 4.57. The quantitative estimate of drug-likeness (QED) is 0.312. The Labute approximate surface area is 223 Å². The fourth-order valence-electron chi connectivity index (χ4n) is 3.98. The molecule has 0 radical (unpaired) electrons. The highest BCUT2D eigenvalue weighted by Crippen LogP contribution is 2.33. The molecule has 5 rings (SSSR count). The first-order valence-corrected chi connectivity index (χ1v) is 13.2. The van der Waals surface area contributed by atoms with Gasteiger partial charge in [-0.05, 0) is 62.4 Å². The number of nitrogens with one attached hydrogen (secondary N) is 1. The molecule has 11 heteroatoms. The second-order valence-electron chi connectivity index (χ2n) is 9.22. The molecule has 4 aromatic heterocycles. The third kappa shape index (κ3) is 4.97. The average molecular weight is 541 g/mol. The van der Waals surface area contributed by atoms with Gasteiger partial charge in [-0.25, -0.2) is 27.3 Å². The average Bonchev–Trinajstić information content (AvgIpc) is 3.33. The minimum atomic E-state index is -4.09. The van der Waals surface area contributed by atoms with Gasteiger partial charge in [-0.3, -0.25) is 4.79 Å². The maximum Gasteiger partial charge on any atom is 0.271 e. The Bertz CT molecular complexity index is 1860.